The van der Waals surface area contributed by atoms with Crippen LogP contribution in [0, 0.1) is 0 Å². The van der Waals surface area contributed by atoms with Crippen molar-refractivity contribution in [2.45, 2.75) is 173 Å². The number of carboxylic acids is 1. The standard InChI is InChI=1S/C35H62O15/c1-23(18-16-14-12-10-8-6-5-7-9-11-13-15-17-19-30(40)41)47-34(49-28(27(39)20-36)21-45-25(3)37)24(2)48-35-33(44)32(43)31(42)29(50-35)22-46-26(4)38/h5-6,23-24,27-29,31-36,39,42-44H,7-22H2,1-4H3,(H,40,41)/b6-5-/t23?,24-,27-,28?,29?,31+,32?,33-,34+,35+/m0/s1. The predicted molar refractivity (Wildman–Crippen MR) is 180 cm³/mol. The molecule has 0 aromatic heterocycles. The topological polar surface area (TPSA) is 228 Å². The van der Waals surface area contributed by atoms with Gasteiger partial charge in [0.1, 0.15) is 55.9 Å². The van der Waals surface area contributed by atoms with E-state index in [1.54, 1.807) is 0 Å². The van der Waals surface area contributed by atoms with E-state index in [0.717, 1.165) is 70.6 Å². The highest BCUT2D eigenvalue weighted by Crippen LogP contribution is 2.26. The highest BCUT2D eigenvalue weighted by atomic mass is 16.8. The second-order valence-corrected chi connectivity index (χ2v) is 12.9. The molecule has 50 heavy (non-hydrogen) atoms. The van der Waals surface area contributed by atoms with Gasteiger partial charge in [0.05, 0.1) is 12.7 Å². The molecule has 1 aliphatic rings. The second kappa shape index (κ2) is 26.5. The van der Waals surface area contributed by atoms with E-state index in [4.69, 9.17) is 33.5 Å². The normalized spacial score (nSPS) is 24.0. The van der Waals surface area contributed by atoms with Crippen LogP contribution in [0.4, 0.5) is 0 Å². The van der Waals surface area contributed by atoms with Gasteiger partial charge in [-0.3, -0.25) is 14.4 Å². The van der Waals surface area contributed by atoms with Gasteiger partial charge in [-0.2, -0.15) is 0 Å². The molecule has 6 N–H and O–H groups in total. The van der Waals surface area contributed by atoms with Gasteiger partial charge in [0.25, 0.3) is 0 Å². The quantitative estimate of drug-likeness (QED) is 0.0295. The van der Waals surface area contributed by atoms with Crippen molar-refractivity contribution in [3.63, 3.8) is 0 Å². The highest BCUT2D eigenvalue weighted by molar-refractivity contribution is 5.66. The molecule has 0 amide bonds. The number of carbonyl (C=O) groups is 3. The summed E-state index contributed by atoms with van der Waals surface area (Å²) in [6, 6.07) is 0. The fourth-order valence-corrected chi connectivity index (χ4v) is 5.27. The lowest BCUT2D eigenvalue weighted by Crippen LogP contribution is -2.60. The van der Waals surface area contributed by atoms with Gasteiger partial charge in [0.15, 0.2) is 12.6 Å². The van der Waals surface area contributed by atoms with E-state index in [1.165, 1.54) is 20.8 Å². The van der Waals surface area contributed by atoms with E-state index in [2.05, 4.69) is 12.2 Å². The lowest BCUT2D eigenvalue weighted by Gasteiger charge is -2.42. The molecule has 1 heterocycles. The average molecular weight is 723 g/mol. The van der Waals surface area contributed by atoms with Crippen LogP contribution in [0.3, 0.4) is 0 Å². The first-order valence-corrected chi connectivity index (χ1v) is 17.8. The van der Waals surface area contributed by atoms with Crippen LogP contribution in [0.2, 0.25) is 0 Å². The Morgan fingerprint density at radius 1 is 0.780 bits per heavy atom. The number of aliphatic hydroxyl groups is 5. The Balaban J connectivity index is 2.67. The van der Waals surface area contributed by atoms with E-state index in [1.807, 2.05) is 6.92 Å². The average Bonchev–Trinajstić information content (AvgIpc) is 3.06. The molecule has 0 spiro atoms. The van der Waals surface area contributed by atoms with Crippen molar-refractivity contribution in [1.29, 1.82) is 0 Å². The van der Waals surface area contributed by atoms with Gasteiger partial charge in [0.2, 0.25) is 0 Å². The molecule has 0 aromatic carbocycles. The Morgan fingerprint density at radius 3 is 1.94 bits per heavy atom. The van der Waals surface area contributed by atoms with Crippen LogP contribution in [0.15, 0.2) is 12.2 Å². The number of hydrogen-bond donors (Lipinski definition) is 6. The van der Waals surface area contributed by atoms with E-state index in [-0.39, 0.29) is 19.1 Å². The van der Waals surface area contributed by atoms with Crippen LogP contribution >= 0.6 is 0 Å². The molecule has 1 fully saturated rings. The summed E-state index contributed by atoms with van der Waals surface area (Å²) in [5.41, 5.74) is 0. The number of aliphatic carboxylic acids is 1. The minimum Gasteiger partial charge on any atom is -0.481 e. The monoisotopic (exact) mass is 722 g/mol. The number of hydrogen-bond acceptors (Lipinski definition) is 14. The Kier molecular flexibility index (Phi) is 24.3. The van der Waals surface area contributed by atoms with Crippen molar-refractivity contribution in [1.82, 2.24) is 0 Å². The molecule has 1 rings (SSSR count). The van der Waals surface area contributed by atoms with Crippen LogP contribution in [0.1, 0.15) is 111 Å². The highest BCUT2D eigenvalue weighted by Gasteiger charge is 2.46. The lowest BCUT2D eigenvalue weighted by molar-refractivity contribution is -0.338. The summed E-state index contributed by atoms with van der Waals surface area (Å²) < 4.78 is 33.6. The Hall–Kier alpha value is -2.21. The molecule has 10 atom stereocenters. The van der Waals surface area contributed by atoms with Crippen molar-refractivity contribution >= 4 is 17.9 Å². The number of unbranched alkanes of at least 4 members (excludes halogenated alkanes) is 9. The third-order valence-corrected chi connectivity index (χ3v) is 8.25. The van der Waals surface area contributed by atoms with Gasteiger partial charge in [-0.1, -0.05) is 50.7 Å². The molecule has 0 saturated carbocycles. The SMILES string of the molecule is CC(=O)OCC1O[C@@H](O[C@@H](C)[C@H](OC(C)CCCCCC/C=C\CCCCCCCC(=O)O)OC(COC(C)=O)[C@@H](O)CO)[C@@H](O)C(O)[C@@H]1O. The van der Waals surface area contributed by atoms with E-state index in [0.29, 0.717) is 6.42 Å². The molecule has 15 heteroatoms. The maximum Gasteiger partial charge on any atom is 0.303 e. The summed E-state index contributed by atoms with van der Waals surface area (Å²) in [6.45, 7) is 4.25. The van der Waals surface area contributed by atoms with Gasteiger partial charge >= 0.3 is 17.9 Å². The van der Waals surface area contributed by atoms with Crippen LogP contribution < -0.4 is 0 Å². The molecule has 15 nitrogen and oxygen atoms in total. The molecule has 0 radical (unpaired) electrons. The van der Waals surface area contributed by atoms with Crippen LogP contribution in [0.25, 0.3) is 0 Å². The van der Waals surface area contributed by atoms with Gasteiger partial charge in [-0.25, -0.2) is 0 Å². The number of allylic oxidation sites excluding steroid dienone is 2. The number of ether oxygens (including phenoxy) is 6. The largest absolute Gasteiger partial charge is 0.481 e. The zero-order chi connectivity index (χ0) is 37.5. The molecular formula is C35H62O15. The number of rotatable bonds is 28. The third-order valence-electron chi connectivity index (χ3n) is 8.25. The van der Waals surface area contributed by atoms with Gasteiger partial charge in [0, 0.05) is 20.3 Å². The number of carboxylic acid groups (broad SMARTS) is 1. The van der Waals surface area contributed by atoms with E-state index < -0.39 is 86.4 Å². The summed E-state index contributed by atoms with van der Waals surface area (Å²) in [4.78, 5) is 33.3. The zero-order valence-electron chi connectivity index (χ0n) is 30.1. The first-order chi connectivity index (χ1) is 23.8. The first-order valence-electron chi connectivity index (χ1n) is 17.8. The minimum absolute atomic E-state index is 0.245. The van der Waals surface area contributed by atoms with Crippen molar-refractivity contribution in [3.8, 4) is 0 Å². The maximum atomic E-state index is 11.5. The third kappa shape index (κ3) is 20.0. The van der Waals surface area contributed by atoms with Crippen molar-refractivity contribution in [3.05, 3.63) is 12.2 Å². The van der Waals surface area contributed by atoms with Gasteiger partial charge in [-0.05, 0) is 52.4 Å². The van der Waals surface area contributed by atoms with Crippen LogP contribution in [0.5, 0.6) is 0 Å². The molecule has 4 unspecified atom stereocenters. The fraction of sp³-hybridized carbons (Fsp3) is 0.857. The second-order valence-electron chi connectivity index (χ2n) is 12.9. The molecule has 1 saturated heterocycles. The van der Waals surface area contributed by atoms with Crippen LogP contribution in [-0.4, -0.2) is 130 Å². The first kappa shape index (κ1) is 45.8. The summed E-state index contributed by atoms with van der Waals surface area (Å²) in [6.07, 6.45) is 3.35. The number of carbonyl (C=O) groups excluding carboxylic acids is 2. The molecule has 0 bridgehead atoms. The van der Waals surface area contributed by atoms with Crippen LogP contribution in [-0.2, 0) is 42.8 Å². The zero-order valence-corrected chi connectivity index (χ0v) is 30.1. The number of aliphatic hydroxyl groups excluding tert-OH is 5. The molecule has 1 aliphatic heterocycles. The molecule has 0 aliphatic carbocycles. The smallest absolute Gasteiger partial charge is 0.303 e. The lowest BCUT2D eigenvalue weighted by atomic mass is 9.99. The Bertz CT molecular complexity index is 962. The summed E-state index contributed by atoms with van der Waals surface area (Å²) in [5, 5.41) is 59.9. The van der Waals surface area contributed by atoms with E-state index >= 15 is 0 Å². The van der Waals surface area contributed by atoms with Crippen molar-refractivity contribution in [2.24, 2.45) is 0 Å². The number of esters is 2. The molecular weight excluding hydrogens is 660 g/mol. The maximum absolute atomic E-state index is 11.5. The van der Waals surface area contributed by atoms with E-state index in [9.17, 15) is 39.9 Å². The Labute approximate surface area is 295 Å². The van der Waals surface area contributed by atoms with Crippen molar-refractivity contribution < 1.29 is 73.4 Å². The molecule has 292 valence electrons. The summed E-state index contributed by atoms with van der Waals surface area (Å²) >= 11 is 0. The fourth-order valence-electron chi connectivity index (χ4n) is 5.27. The summed E-state index contributed by atoms with van der Waals surface area (Å²) in [5.74, 6) is -1.99. The predicted octanol–water partition coefficient (Wildman–Crippen LogP) is 2.51. The summed E-state index contributed by atoms with van der Waals surface area (Å²) in [7, 11) is 0. The minimum atomic E-state index is -1.68. The van der Waals surface area contributed by atoms with Crippen molar-refractivity contribution in [2.75, 3.05) is 19.8 Å². The van der Waals surface area contributed by atoms with Gasteiger partial charge < -0.3 is 59.1 Å². The Morgan fingerprint density at radius 2 is 1.36 bits per heavy atom. The van der Waals surface area contributed by atoms with Gasteiger partial charge in [-0.15, -0.1) is 0 Å². The molecule has 0 aromatic rings.